The lowest BCUT2D eigenvalue weighted by molar-refractivity contribution is 0.293. The number of fused-ring (bicyclic) bond motifs is 1. The third kappa shape index (κ3) is 2.92. The molecule has 0 atom stereocenters. The van der Waals surface area contributed by atoms with Crippen LogP contribution in [0.3, 0.4) is 0 Å². The van der Waals surface area contributed by atoms with E-state index in [1.54, 1.807) is 6.20 Å². The van der Waals surface area contributed by atoms with Crippen LogP contribution in [0.5, 0.6) is 5.88 Å². The molecule has 0 aromatic carbocycles. The van der Waals surface area contributed by atoms with Crippen LogP contribution in [-0.2, 0) is 12.8 Å². The maximum atomic E-state index is 5.54. The van der Waals surface area contributed by atoms with Crippen LogP contribution in [0.1, 0.15) is 37.1 Å². The van der Waals surface area contributed by atoms with Gasteiger partial charge in [-0.2, -0.15) is 0 Å². The fourth-order valence-electron chi connectivity index (χ4n) is 1.92. The lowest BCUT2D eigenvalue weighted by Gasteiger charge is -2.14. The molecule has 0 fully saturated rings. The Kier molecular flexibility index (Phi) is 4.10. The van der Waals surface area contributed by atoms with E-state index in [1.807, 2.05) is 0 Å². The minimum absolute atomic E-state index is 0.665. The molecular formula is C12H19N3O. The first-order valence-corrected chi connectivity index (χ1v) is 6.08. The monoisotopic (exact) mass is 221 g/mol. The number of rotatable bonds is 5. The highest BCUT2D eigenvalue weighted by Crippen LogP contribution is 2.19. The lowest BCUT2D eigenvalue weighted by Crippen LogP contribution is -2.10. The summed E-state index contributed by atoms with van der Waals surface area (Å²) in [7, 11) is 0. The Morgan fingerprint density at radius 1 is 1.19 bits per heavy atom. The predicted molar refractivity (Wildman–Crippen MR) is 62.5 cm³/mol. The van der Waals surface area contributed by atoms with Crippen LogP contribution in [-0.4, -0.2) is 23.1 Å². The molecule has 0 saturated heterocycles. The smallest absolute Gasteiger partial charge is 0.232 e. The molecule has 1 heterocycles. The SMILES string of the molecule is NCCCCOc1cnc2c(n1)CCCC2. The topological polar surface area (TPSA) is 61.0 Å². The van der Waals surface area contributed by atoms with Gasteiger partial charge in [0.1, 0.15) is 0 Å². The molecule has 2 rings (SSSR count). The fourth-order valence-corrected chi connectivity index (χ4v) is 1.92. The Morgan fingerprint density at radius 2 is 2.00 bits per heavy atom. The summed E-state index contributed by atoms with van der Waals surface area (Å²) in [6.07, 6.45) is 8.29. The van der Waals surface area contributed by atoms with Crippen molar-refractivity contribution in [3.8, 4) is 5.88 Å². The number of nitrogens with zero attached hydrogens (tertiary/aromatic N) is 2. The van der Waals surface area contributed by atoms with Gasteiger partial charge in [0.25, 0.3) is 0 Å². The zero-order valence-corrected chi connectivity index (χ0v) is 9.61. The molecule has 1 aromatic rings. The van der Waals surface area contributed by atoms with Crippen LogP contribution in [0.25, 0.3) is 0 Å². The third-order valence-electron chi connectivity index (χ3n) is 2.83. The second-order valence-corrected chi connectivity index (χ2v) is 4.15. The summed E-state index contributed by atoms with van der Waals surface area (Å²) < 4.78 is 5.54. The number of ether oxygens (including phenoxy) is 1. The number of aryl methyl sites for hydroxylation is 2. The zero-order chi connectivity index (χ0) is 11.2. The summed E-state index contributed by atoms with van der Waals surface area (Å²) >= 11 is 0. The third-order valence-corrected chi connectivity index (χ3v) is 2.83. The van der Waals surface area contributed by atoms with Crippen LogP contribution in [0.2, 0.25) is 0 Å². The maximum absolute atomic E-state index is 5.54. The van der Waals surface area contributed by atoms with Gasteiger partial charge in [0.2, 0.25) is 5.88 Å². The van der Waals surface area contributed by atoms with E-state index in [9.17, 15) is 0 Å². The summed E-state index contributed by atoms with van der Waals surface area (Å²) in [5.74, 6) is 0.665. The molecule has 16 heavy (non-hydrogen) atoms. The standard InChI is InChI=1S/C12H19N3O/c13-7-3-4-8-16-12-9-14-10-5-1-2-6-11(10)15-12/h9H,1-8,13H2. The molecular weight excluding hydrogens is 202 g/mol. The Labute approximate surface area is 96.2 Å². The molecule has 1 aliphatic rings. The minimum atomic E-state index is 0.665. The molecule has 0 spiro atoms. The lowest BCUT2D eigenvalue weighted by atomic mass is 10.0. The average molecular weight is 221 g/mol. The molecule has 4 heteroatoms. The van der Waals surface area contributed by atoms with Crippen LogP contribution in [0, 0.1) is 0 Å². The normalized spacial score (nSPS) is 14.6. The van der Waals surface area contributed by atoms with Gasteiger partial charge in [-0.25, -0.2) is 4.98 Å². The highest BCUT2D eigenvalue weighted by molar-refractivity contribution is 5.19. The first kappa shape index (κ1) is 11.3. The van der Waals surface area contributed by atoms with E-state index in [0.29, 0.717) is 12.5 Å². The van der Waals surface area contributed by atoms with Gasteiger partial charge in [-0.15, -0.1) is 0 Å². The van der Waals surface area contributed by atoms with Crippen molar-refractivity contribution in [1.82, 2.24) is 9.97 Å². The summed E-state index contributed by atoms with van der Waals surface area (Å²) in [6.45, 7) is 1.41. The van der Waals surface area contributed by atoms with Crippen molar-refractivity contribution < 1.29 is 4.74 Å². The quantitative estimate of drug-likeness (QED) is 0.765. The number of nitrogens with two attached hydrogens (primary N) is 1. The zero-order valence-electron chi connectivity index (χ0n) is 9.61. The van der Waals surface area contributed by atoms with Crippen molar-refractivity contribution in [3.05, 3.63) is 17.6 Å². The Hall–Kier alpha value is -1.16. The van der Waals surface area contributed by atoms with Crippen molar-refractivity contribution in [2.24, 2.45) is 5.73 Å². The summed E-state index contributed by atoms with van der Waals surface area (Å²) in [4.78, 5) is 8.90. The molecule has 0 saturated carbocycles. The first-order chi connectivity index (χ1) is 7.90. The van der Waals surface area contributed by atoms with Crippen molar-refractivity contribution in [2.45, 2.75) is 38.5 Å². The average Bonchev–Trinajstić information content (AvgIpc) is 2.34. The highest BCUT2D eigenvalue weighted by atomic mass is 16.5. The fraction of sp³-hybridized carbons (Fsp3) is 0.667. The van der Waals surface area contributed by atoms with Crippen LogP contribution < -0.4 is 10.5 Å². The molecule has 88 valence electrons. The molecule has 4 nitrogen and oxygen atoms in total. The summed E-state index contributed by atoms with van der Waals surface area (Å²) in [5, 5.41) is 0. The first-order valence-electron chi connectivity index (χ1n) is 6.08. The molecule has 0 unspecified atom stereocenters. The highest BCUT2D eigenvalue weighted by Gasteiger charge is 2.12. The van der Waals surface area contributed by atoms with E-state index >= 15 is 0 Å². The number of aromatic nitrogens is 2. The summed E-state index contributed by atoms with van der Waals surface area (Å²) in [5.41, 5.74) is 7.70. The molecule has 0 amide bonds. The second-order valence-electron chi connectivity index (χ2n) is 4.15. The Bertz CT molecular complexity index is 341. The van der Waals surface area contributed by atoms with E-state index in [2.05, 4.69) is 9.97 Å². The van der Waals surface area contributed by atoms with E-state index < -0.39 is 0 Å². The van der Waals surface area contributed by atoms with Crippen molar-refractivity contribution >= 4 is 0 Å². The van der Waals surface area contributed by atoms with Crippen molar-refractivity contribution in [1.29, 1.82) is 0 Å². The molecule has 2 N–H and O–H groups in total. The van der Waals surface area contributed by atoms with E-state index in [-0.39, 0.29) is 0 Å². The van der Waals surface area contributed by atoms with Gasteiger partial charge in [0.15, 0.2) is 0 Å². The van der Waals surface area contributed by atoms with Crippen LogP contribution in [0.15, 0.2) is 6.20 Å². The van der Waals surface area contributed by atoms with Crippen LogP contribution >= 0.6 is 0 Å². The predicted octanol–water partition coefficient (Wildman–Crippen LogP) is 1.47. The molecule has 0 aliphatic heterocycles. The van der Waals surface area contributed by atoms with Crippen molar-refractivity contribution in [3.63, 3.8) is 0 Å². The van der Waals surface area contributed by atoms with Gasteiger partial charge in [0.05, 0.1) is 24.2 Å². The molecule has 1 aliphatic carbocycles. The number of unbranched alkanes of at least 4 members (excludes halogenated alkanes) is 1. The molecule has 0 radical (unpaired) electrons. The van der Waals surface area contributed by atoms with Crippen LogP contribution in [0.4, 0.5) is 0 Å². The van der Waals surface area contributed by atoms with E-state index in [0.717, 1.165) is 43.6 Å². The number of hydrogen-bond acceptors (Lipinski definition) is 4. The minimum Gasteiger partial charge on any atom is -0.477 e. The van der Waals surface area contributed by atoms with Gasteiger partial charge in [-0.1, -0.05) is 0 Å². The Balaban J connectivity index is 1.90. The summed E-state index contributed by atoms with van der Waals surface area (Å²) in [6, 6.07) is 0. The molecule has 1 aromatic heterocycles. The molecule has 0 bridgehead atoms. The van der Waals surface area contributed by atoms with Gasteiger partial charge >= 0.3 is 0 Å². The van der Waals surface area contributed by atoms with Gasteiger partial charge in [-0.3, -0.25) is 4.98 Å². The Morgan fingerprint density at radius 3 is 2.81 bits per heavy atom. The van der Waals surface area contributed by atoms with Gasteiger partial charge < -0.3 is 10.5 Å². The number of hydrogen-bond donors (Lipinski definition) is 1. The van der Waals surface area contributed by atoms with E-state index in [1.165, 1.54) is 12.8 Å². The second kappa shape index (κ2) is 5.80. The van der Waals surface area contributed by atoms with Crippen molar-refractivity contribution in [2.75, 3.05) is 13.2 Å². The van der Waals surface area contributed by atoms with Gasteiger partial charge in [0, 0.05) is 0 Å². The van der Waals surface area contributed by atoms with E-state index in [4.69, 9.17) is 10.5 Å². The largest absolute Gasteiger partial charge is 0.477 e. The van der Waals surface area contributed by atoms with Gasteiger partial charge in [-0.05, 0) is 45.1 Å². The maximum Gasteiger partial charge on any atom is 0.232 e.